The summed E-state index contributed by atoms with van der Waals surface area (Å²) in [7, 11) is 0. The van der Waals surface area contributed by atoms with Crippen molar-refractivity contribution in [1.29, 1.82) is 0 Å². The number of nitrogens with one attached hydrogen (secondary N) is 2. The Morgan fingerprint density at radius 2 is 1.80 bits per heavy atom. The van der Waals surface area contributed by atoms with Crippen molar-refractivity contribution >= 4 is 34.4 Å². The number of anilines is 1. The van der Waals surface area contributed by atoms with Crippen LogP contribution >= 0.6 is 0 Å². The molecule has 202 valence electrons. The summed E-state index contributed by atoms with van der Waals surface area (Å²) in [6, 6.07) is 21.3. The topological polar surface area (TPSA) is 94.7 Å². The van der Waals surface area contributed by atoms with Crippen molar-refractivity contribution in [3.63, 3.8) is 0 Å². The highest BCUT2D eigenvalue weighted by Crippen LogP contribution is 2.45. The molecule has 7 rings (SSSR count). The molecule has 8 nitrogen and oxygen atoms in total. The zero-order valence-electron chi connectivity index (χ0n) is 22.2. The predicted octanol–water partition coefficient (Wildman–Crippen LogP) is 4.87. The number of aryl methyl sites for hydroxylation is 1. The highest BCUT2D eigenvalue weighted by atomic mass is 16.5. The van der Waals surface area contributed by atoms with E-state index in [0.29, 0.717) is 30.8 Å². The first-order chi connectivity index (χ1) is 19.5. The van der Waals surface area contributed by atoms with E-state index in [2.05, 4.69) is 16.4 Å². The smallest absolute Gasteiger partial charge is 0.332 e. The Kier molecular flexibility index (Phi) is 5.93. The molecule has 2 fully saturated rings. The van der Waals surface area contributed by atoms with Gasteiger partial charge in [0.1, 0.15) is 12.1 Å². The second-order valence-corrected chi connectivity index (χ2v) is 10.8. The lowest BCUT2D eigenvalue weighted by molar-refractivity contribution is -0.120. The fourth-order valence-corrected chi connectivity index (χ4v) is 6.48. The van der Waals surface area contributed by atoms with Gasteiger partial charge in [-0.05, 0) is 54.7 Å². The van der Waals surface area contributed by atoms with Gasteiger partial charge in [0.2, 0.25) is 0 Å². The Labute approximate surface area is 231 Å². The average Bonchev–Trinajstić information content (AvgIpc) is 3.69. The van der Waals surface area contributed by atoms with Crippen LogP contribution < -0.4 is 10.2 Å². The summed E-state index contributed by atoms with van der Waals surface area (Å²) in [5.41, 5.74) is 5.55. The molecule has 3 unspecified atom stereocenters. The third-order valence-electron chi connectivity index (χ3n) is 8.44. The van der Waals surface area contributed by atoms with Gasteiger partial charge in [-0.25, -0.2) is 9.69 Å². The van der Waals surface area contributed by atoms with Crippen LogP contribution in [0.1, 0.15) is 51.6 Å². The number of amides is 4. The largest absolute Gasteiger partial charge is 0.376 e. The number of H-pyrrole nitrogens is 1. The van der Waals surface area contributed by atoms with Crippen LogP contribution in [0.3, 0.4) is 0 Å². The van der Waals surface area contributed by atoms with E-state index in [9.17, 15) is 14.4 Å². The summed E-state index contributed by atoms with van der Waals surface area (Å²) in [5.74, 6) is -0.651. The van der Waals surface area contributed by atoms with Gasteiger partial charge in [-0.2, -0.15) is 0 Å². The summed E-state index contributed by atoms with van der Waals surface area (Å²) in [6.45, 7) is 3.11. The van der Waals surface area contributed by atoms with Crippen LogP contribution in [0.25, 0.3) is 10.9 Å². The minimum absolute atomic E-state index is 0.0150. The van der Waals surface area contributed by atoms with Crippen LogP contribution in [-0.4, -0.2) is 53.0 Å². The average molecular weight is 535 g/mol. The maximum Gasteiger partial charge on any atom is 0.332 e. The molecular weight excluding hydrogens is 504 g/mol. The van der Waals surface area contributed by atoms with Crippen molar-refractivity contribution in [3.05, 3.63) is 101 Å². The van der Waals surface area contributed by atoms with Crippen LogP contribution in [0.5, 0.6) is 0 Å². The zero-order chi connectivity index (χ0) is 27.4. The molecule has 3 aliphatic heterocycles. The number of nitrogens with zero attached hydrogens (tertiary/aromatic N) is 2. The van der Waals surface area contributed by atoms with Crippen LogP contribution in [-0.2, 0) is 16.0 Å². The van der Waals surface area contributed by atoms with Crippen molar-refractivity contribution in [1.82, 2.24) is 15.2 Å². The minimum atomic E-state index is -0.688. The Bertz CT molecular complexity index is 1650. The number of imide groups is 1. The summed E-state index contributed by atoms with van der Waals surface area (Å²) in [6.07, 6.45) is 2.26. The Hall–Kier alpha value is -4.43. The van der Waals surface area contributed by atoms with Crippen LogP contribution in [0.15, 0.2) is 72.8 Å². The summed E-state index contributed by atoms with van der Waals surface area (Å²) < 4.78 is 5.64. The van der Waals surface area contributed by atoms with E-state index in [1.165, 1.54) is 4.90 Å². The van der Waals surface area contributed by atoms with Gasteiger partial charge < -0.3 is 15.0 Å². The number of fused-ring (bicyclic) bond motifs is 4. The van der Waals surface area contributed by atoms with Crippen LogP contribution in [0.2, 0.25) is 0 Å². The van der Waals surface area contributed by atoms with E-state index in [-0.39, 0.29) is 17.9 Å². The van der Waals surface area contributed by atoms with Crippen molar-refractivity contribution in [2.75, 3.05) is 18.1 Å². The summed E-state index contributed by atoms with van der Waals surface area (Å²) >= 11 is 0. The van der Waals surface area contributed by atoms with Gasteiger partial charge in [0, 0.05) is 36.2 Å². The molecule has 0 aliphatic carbocycles. The molecule has 8 heteroatoms. The lowest BCUT2D eigenvalue weighted by Gasteiger charge is -2.36. The van der Waals surface area contributed by atoms with Crippen molar-refractivity contribution < 1.29 is 19.1 Å². The number of rotatable bonds is 5. The van der Waals surface area contributed by atoms with E-state index in [0.717, 1.165) is 46.1 Å². The number of hydrogen-bond acceptors (Lipinski definition) is 4. The van der Waals surface area contributed by atoms with Crippen LogP contribution in [0, 0.1) is 6.92 Å². The normalized spacial score (nSPS) is 22.1. The summed E-state index contributed by atoms with van der Waals surface area (Å²) in [4.78, 5) is 48.2. The van der Waals surface area contributed by atoms with Crippen molar-refractivity contribution in [2.24, 2.45) is 0 Å². The molecule has 3 aromatic carbocycles. The van der Waals surface area contributed by atoms with E-state index in [1.54, 1.807) is 29.2 Å². The zero-order valence-corrected chi connectivity index (χ0v) is 22.2. The molecule has 4 amide bonds. The third kappa shape index (κ3) is 3.82. The number of benzene rings is 3. The highest BCUT2D eigenvalue weighted by Gasteiger charge is 2.53. The molecule has 0 saturated carbocycles. The number of urea groups is 1. The molecular formula is C32H30N4O4. The molecule has 0 radical (unpaired) electrons. The SMILES string of the molecule is Cc1ccccc1C1c2[nH]c3ccccc3c2CC2C(=O)N(c3ccccc3C(=O)NCC3CCCO3)C(=O)N21. The molecule has 4 aromatic rings. The van der Waals surface area contributed by atoms with Gasteiger partial charge >= 0.3 is 6.03 Å². The Morgan fingerprint density at radius 3 is 2.62 bits per heavy atom. The molecule has 4 heterocycles. The highest BCUT2D eigenvalue weighted by molar-refractivity contribution is 6.24. The lowest BCUT2D eigenvalue weighted by atomic mass is 9.87. The third-order valence-corrected chi connectivity index (χ3v) is 8.44. The maximum absolute atomic E-state index is 14.3. The van der Waals surface area contributed by atoms with Crippen molar-refractivity contribution in [2.45, 2.75) is 44.4 Å². The molecule has 2 saturated heterocycles. The number of para-hydroxylation sites is 2. The van der Waals surface area contributed by atoms with E-state index < -0.39 is 18.1 Å². The second kappa shape index (κ2) is 9.64. The van der Waals surface area contributed by atoms with Gasteiger partial charge in [0.25, 0.3) is 11.8 Å². The van der Waals surface area contributed by atoms with Gasteiger partial charge in [-0.15, -0.1) is 0 Å². The van der Waals surface area contributed by atoms with Crippen LogP contribution in [0.4, 0.5) is 10.5 Å². The molecule has 2 N–H and O–H groups in total. The first kappa shape index (κ1) is 24.6. The molecule has 40 heavy (non-hydrogen) atoms. The van der Waals surface area contributed by atoms with E-state index >= 15 is 0 Å². The monoisotopic (exact) mass is 534 g/mol. The maximum atomic E-state index is 14.3. The predicted molar refractivity (Wildman–Crippen MR) is 151 cm³/mol. The molecule has 3 atom stereocenters. The first-order valence-corrected chi connectivity index (χ1v) is 13.8. The number of carbonyl (C=O) groups is 3. The van der Waals surface area contributed by atoms with E-state index in [1.807, 2.05) is 49.4 Å². The number of aromatic amines is 1. The second-order valence-electron chi connectivity index (χ2n) is 10.8. The van der Waals surface area contributed by atoms with Gasteiger partial charge in [0.15, 0.2) is 0 Å². The Morgan fingerprint density at radius 1 is 1.02 bits per heavy atom. The number of carbonyl (C=O) groups excluding carboxylic acids is 3. The lowest BCUT2D eigenvalue weighted by Crippen LogP contribution is -2.44. The molecule has 0 bridgehead atoms. The van der Waals surface area contributed by atoms with Gasteiger partial charge in [-0.3, -0.25) is 14.5 Å². The summed E-state index contributed by atoms with van der Waals surface area (Å²) in [5, 5.41) is 4.00. The molecule has 0 spiro atoms. The van der Waals surface area contributed by atoms with Gasteiger partial charge in [-0.1, -0.05) is 54.6 Å². The van der Waals surface area contributed by atoms with Gasteiger partial charge in [0.05, 0.1) is 17.4 Å². The number of ether oxygens (including phenoxy) is 1. The standard InChI is InChI=1S/C32H30N4O4/c1-19-9-2-3-11-21(19)29-28-24(22-12-4-6-14-25(22)34-28)17-27-31(38)36(32(39)35(27)29)26-15-7-5-13-23(26)30(37)33-18-20-10-8-16-40-20/h2-7,9,11-15,20,27,29,34H,8,10,16-18H2,1H3,(H,33,37). The quantitative estimate of drug-likeness (QED) is 0.357. The molecule has 3 aliphatic rings. The minimum Gasteiger partial charge on any atom is -0.376 e. The number of aromatic nitrogens is 1. The van der Waals surface area contributed by atoms with Crippen molar-refractivity contribution in [3.8, 4) is 0 Å². The Balaban J connectivity index is 1.30. The number of hydrogen-bond donors (Lipinski definition) is 2. The fraction of sp³-hybridized carbons (Fsp3) is 0.281. The first-order valence-electron chi connectivity index (χ1n) is 13.8. The van der Waals surface area contributed by atoms with E-state index in [4.69, 9.17) is 4.74 Å². The molecule has 1 aromatic heterocycles. The fourth-order valence-electron chi connectivity index (χ4n) is 6.48.